The molecule has 0 radical (unpaired) electrons. The maximum absolute atomic E-state index is 13.8. The summed E-state index contributed by atoms with van der Waals surface area (Å²) in [6.07, 6.45) is 0.924. The van der Waals surface area contributed by atoms with E-state index in [-0.39, 0.29) is 17.0 Å². The van der Waals surface area contributed by atoms with Crippen LogP contribution in [0.5, 0.6) is 0 Å². The van der Waals surface area contributed by atoms with Crippen molar-refractivity contribution in [3.8, 4) is 0 Å². The standard InChI is InChI=1S/C13H17F2N/c1-8-4-12(15)10(5-11(8)14)13(2)6-9(13)7-16-3/h4-5,9,16H,6-7H2,1-3H3. The zero-order chi connectivity index (χ0) is 11.9. The zero-order valence-corrected chi connectivity index (χ0v) is 9.90. The van der Waals surface area contributed by atoms with E-state index < -0.39 is 0 Å². The Kier molecular flexibility index (Phi) is 2.74. The van der Waals surface area contributed by atoms with Crippen LogP contribution < -0.4 is 5.32 Å². The highest BCUT2D eigenvalue weighted by molar-refractivity contribution is 5.36. The molecule has 2 rings (SSSR count). The summed E-state index contributed by atoms with van der Waals surface area (Å²) in [4.78, 5) is 0. The maximum atomic E-state index is 13.8. The molecule has 1 saturated carbocycles. The van der Waals surface area contributed by atoms with Crippen LogP contribution in [0.2, 0.25) is 0 Å². The molecule has 0 aromatic heterocycles. The molecule has 0 bridgehead atoms. The summed E-state index contributed by atoms with van der Waals surface area (Å²) in [6, 6.07) is 2.66. The third-order valence-corrected chi connectivity index (χ3v) is 3.73. The number of nitrogens with one attached hydrogen (secondary N) is 1. The molecular weight excluding hydrogens is 208 g/mol. The van der Waals surface area contributed by atoms with Crippen LogP contribution in [0.25, 0.3) is 0 Å². The highest BCUT2D eigenvalue weighted by Gasteiger charge is 2.52. The van der Waals surface area contributed by atoms with Gasteiger partial charge in [0.15, 0.2) is 0 Å². The molecule has 1 N–H and O–H groups in total. The van der Waals surface area contributed by atoms with Crippen molar-refractivity contribution in [2.24, 2.45) is 5.92 Å². The van der Waals surface area contributed by atoms with Gasteiger partial charge in [0.1, 0.15) is 11.6 Å². The summed E-state index contributed by atoms with van der Waals surface area (Å²) in [7, 11) is 1.88. The van der Waals surface area contributed by atoms with Crippen LogP contribution >= 0.6 is 0 Å². The maximum Gasteiger partial charge on any atom is 0.127 e. The minimum Gasteiger partial charge on any atom is -0.319 e. The SMILES string of the molecule is CNCC1CC1(C)c1cc(F)c(C)cc1F. The molecular formula is C13H17F2N. The van der Waals surface area contributed by atoms with Gasteiger partial charge >= 0.3 is 0 Å². The Labute approximate surface area is 94.9 Å². The summed E-state index contributed by atoms with van der Waals surface area (Å²) in [6.45, 7) is 4.44. The quantitative estimate of drug-likeness (QED) is 0.834. The van der Waals surface area contributed by atoms with Gasteiger partial charge in [0.05, 0.1) is 0 Å². The van der Waals surface area contributed by atoms with Crippen molar-refractivity contribution in [2.45, 2.75) is 25.7 Å². The first-order chi connectivity index (χ1) is 7.49. The second-order valence-electron chi connectivity index (χ2n) is 4.96. The van der Waals surface area contributed by atoms with Crippen LogP contribution in [0, 0.1) is 24.5 Å². The van der Waals surface area contributed by atoms with E-state index in [1.54, 1.807) is 6.92 Å². The van der Waals surface area contributed by atoms with Crippen molar-refractivity contribution in [1.29, 1.82) is 0 Å². The van der Waals surface area contributed by atoms with Crippen LogP contribution in [0.1, 0.15) is 24.5 Å². The molecule has 3 heteroatoms. The van der Waals surface area contributed by atoms with Gasteiger partial charge in [0.25, 0.3) is 0 Å². The molecule has 1 aliphatic rings. The van der Waals surface area contributed by atoms with Crippen molar-refractivity contribution in [3.63, 3.8) is 0 Å². The minimum atomic E-state index is -0.312. The Morgan fingerprint density at radius 3 is 2.69 bits per heavy atom. The average molecular weight is 225 g/mol. The summed E-state index contributed by atoms with van der Waals surface area (Å²) < 4.78 is 27.2. The third-order valence-electron chi connectivity index (χ3n) is 3.73. The topological polar surface area (TPSA) is 12.0 Å². The first-order valence-corrected chi connectivity index (χ1v) is 5.59. The zero-order valence-electron chi connectivity index (χ0n) is 9.90. The monoisotopic (exact) mass is 225 g/mol. The van der Waals surface area contributed by atoms with Gasteiger partial charge in [-0.3, -0.25) is 0 Å². The number of aryl methyl sites for hydroxylation is 1. The fourth-order valence-electron chi connectivity index (χ4n) is 2.41. The van der Waals surface area contributed by atoms with E-state index in [0.717, 1.165) is 13.0 Å². The van der Waals surface area contributed by atoms with Crippen LogP contribution in [0.15, 0.2) is 12.1 Å². The predicted molar refractivity (Wildman–Crippen MR) is 60.5 cm³/mol. The van der Waals surface area contributed by atoms with E-state index in [1.807, 2.05) is 14.0 Å². The van der Waals surface area contributed by atoms with Crippen LogP contribution in [0.3, 0.4) is 0 Å². The Bertz CT molecular complexity index is 417. The van der Waals surface area contributed by atoms with Crippen molar-refractivity contribution in [1.82, 2.24) is 5.32 Å². The lowest BCUT2D eigenvalue weighted by molar-refractivity contribution is 0.537. The highest BCUT2D eigenvalue weighted by Crippen LogP contribution is 2.54. The molecule has 0 heterocycles. The van der Waals surface area contributed by atoms with Gasteiger partial charge in [-0.15, -0.1) is 0 Å². The Morgan fingerprint density at radius 2 is 2.06 bits per heavy atom. The van der Waals surface area contributed by atoms with Gasteiger partial charge in [-0.25, -0.2) is 8.78 Å². The molecule has 1 fully saturated rings. The molecule has 0 aliphatic heterocycles. The molecule has 1 aromatic carbocycles. The molecule has 2 atom stereocenters. The van der Waals surface area contributed by atoms with Gasteiger partial charge in [-0.1, -0.05) is 6.92 Å². The fourth-order valence-corrected chi connectivity index (χ4v) is 2.41. The first kappa shape index (κ1) is 11.5. The molecule has 1 nitrogen and oxygen atoms in total. The van der Waals surface area contributed by atoms with E-state index in [4.69, 9.17) is 0 Å². The molecule has 0 amide bonds. The van der Waals surface area contributed by atoms with Crippen molar-refractivity contribution < 1.29 is 8.78 Å². The number of benzene rings is 1. The van der Waals surface area contributed by atoms with Gasteiger partial charge in [0, 0.05) is 0 Å². The lowest BCUT2D eigenvalue weighted by atomic mass is 9.93. The van der Waals surface area contributed by atoms with Gasteiger partial charge in [-0.05, 0) is 61.5 Å². The molecule has 1 aliphatic carbocycles. The largest absolute Gasteiger partial charge is 0.319 e. The van der Waals surface area contributed by atoms with Crippen molar-refractivity contribution in [3.05, 3.63) is 34.9 Å². The Hall–Kier alpha value is -0.960. The first-order valence-electron chi connectivity index (χ1n) is 5.59. The lowest BCUT2D eigenvalue weighted by Crippen LogP contribution is -2.17. The van der Waals surface area contributed by atoms with E-state index in [0.29, 0.717) is 17.0 Å². The smallest absolute Gasteiger partial charge is 0.127 e. The molecule has 1 aromatic rings. The summed E-state index contributed by atoms with van der Waals surface area (Å²) in [5.41, 5.74) is 0.702. The lowest BCUT2D eigenvalue weighted by Gasteiger charge is -2.14. The summed E-state index contributed by atoms with van der Waals surface area (Å²) in [5.74, 6) is -0.179. The molecule has 88 valence electrons. The molecule has 0 saturated heterocycles. The summed E-state index contributed by atoms with van der Waals surface area (Å²) in [5, 5.41) is 3.08. The van der Waals surface area contributed by atoms with Crippen molar-refractivity contribution in [2.75, 3.05) is 13.6 Å². The molecule has 2 unspecified atom stereocenters. The average Bonchev–Trinajstić information content (AvgIpc) is 2.85. The van der Waals surface area contributed by atoms with E-state index in [1.165, 1.54) is 12.1 Å². The normalized spacial score (nSPS) is 28.2. The van der Waals surface area contributed by atoms with E-state index in [2.05, 4.69) is 5.32 Å². The molecule has 16 heavy (non-hydrogen) atoms. The van der Waals surface area contributed by atoms with Gasteiger partial charge in [-0.2, -0.15) is 0 Å². The number of hydrogen-bond donors (Lipinski definition) is 1. The second kappa shape index (κ2) is 3.81. The van der Waals surface area contributed by atoms with Gasteiger partial charge < -0.3 is 5.32 Å². The summed E-state index contributed by atoms with van der Waals surface area (Å²) >= 11 is 0. The highest BCUT2D eigenvalue weighted by atomic mass is 19.1. The van der Waals surface area contributed by atoms with E-state index in [9.17, 15) is 8.78 Å². The Morgan fingerprint density at radius 1 is 1.38 bits per heavy atom. The van der Waals surface area contributed by atoms with Crippen LogP contribution in [-0.4, -0.2) is 13.6 Å². The number of hydrogen-bond acceptors (Lipinski definition) is 1. The van der Waals surface area contributed by atoms with Crippen molar-refractivity contribution >= 4 is 0 Å². The second-order valence-corrected chi connectivity index (χ2v) is 4.96. The minimum absolute atomic E-state index is 0.193. The number of halogens is 2. The van der Waals surface area contributed by atoms with E-state index >= 15 is 0 Å². The third kappa shape index (κ3) is 1.73. The van der Waals surface area contributed by atoms with Gasteiger partial charge in [0.2, 0.25) is 0 Å². The van der Waals surface area contributed by atoms with Crippen LogP contribution in [0.4, 0.5) is 8.78 Å². The number of rotatable bonds is 3. The van der Waals surface area contributed by atoms with Crippen LogP contribution in [-0.2, 0) is 5.41 Å². The fraction of sp³-hybridized carbons (Fsp3) is 0.538. The predicted octanol–water partition coefficient (Wildman–Crippen LogP) is 2.77. The Balaban J connectivity index is 2.32. The molecule has 0 spiro atoms.